The number of carbonyl (C=O) groups excluding carboxylic acids is 1. The second-order valence-electron chi connectivity index (χ2n) is 3.16. The topological polar surface area (TPSA) is 57.7 Å². The van der Waals surface area contributed by atoms with Crippen LogP contribution in [-0.2, 0) is 10.6 Å². The number of pyridine rings is 1. The van der Waals surface area contributed by atoms with E-state index in [0.29, 0.717) is 0 Å². The predicted octanol–water partition coefficient (Wildman–Crippen LogP) is 2.51. The average molecular weight is 300 g/mol. The number of methoxy groups -OCH3 is 2. The third kappa shape index (κ3) is 3.88. The molecule has 9 heteroatoms. The van der Waals surface area contributed by atoms with E-state index in [2.05, 4.69) is 14.5 Å². The van der Waals surface area contributed by atoms with Crippen molar-refractivity contribution >= 4 is 17.6 Å². The Morgan fingerprint density at radius 2 is 2.00 bits per heavy atom. The highest BCUT2D eigenvalue weighted by atomic mass is 35.5. The second-order valence-corrected chi connectivity index (χ2v) is 3.42. The normalized spacial score (nSPS) is 11.1. The van der Waals surface area contributed by atoms with Crippen molar-refractivity contribution in [3.8, 4) is 11.5 Å². The maximum Gasteiger partial charge on any atom is 0.573 e. The fraction of sp³-hybridized carbons (Fsp3) is 0.400. The van der Waals surface area contributed by atoms with Crippen LogP contribution >= 0.6 is 11.6 Å². The fourth-order valence-electron chi connectivity index (χ4n) is 1.23. The zero-order valence-electron chi connectivity index (χ0n) is 9.88. The molecule has 0 amide bonds. The molecule has 106 valence electrons. The van der Waals surface area contributed by atoms with Crippen molar-refractivity contribution < 1.29 is 32.2 Å². The Morgan fingerprint density at radius 1 is 1.37 bits per heavy atom. The van der Waals surface area contributed by atoms with E-state index in [1.807, 2.05) is 0 Å². The molecule has 1 heterocycles. The fourth-order valence-corrected chi connectivity index (χ4v) is 1.43. The van der Waals surface area contributed by atoms with Gasteiger partial charge in [0.05, 0.1) is 25.8 Å². The first kappa shape index (κ1) is 15.4. The molecule has 0 bridgehead atoms. The molecule has 0 aromatic carbocycles. The van der Waals surface area contributed by atoms with Crippen LogP contribution in [0, 0.1) is 0 Å². The first-order chi connectivity index (χ1) is 8.82. The molecule has 0 fully saturated rings. The van der Waals surface area contributed by atoms with Gasteiger partial charge in [-0.05, 0) is 0 Å². The van der Waals surface area contributed by atoms with Crippen LogP contribution in [0.2, 0.25) is 0 Å². The molecule has 0 saturated carbocycles. The molecule has 0 unspecified atom stereocenters. The summed E-state index contributed by atoms with van der Waals surface area (Å²) in [7, 11) is 2.23. The summed E-state index contributed by atoms with van der Waals surface area (Å²) in [4.78, 5) is 15.0. The molecule has 0 saturated heterocycles. The summed E-state index contributed by atoms with van der Waals surface area (Å²) < 4.78 is 49.6. The molecule has 0 spiro atoms. The maximum atomic E-state index is 12.2. The summed E-state index contributed by atoms with van der Waals surface area (Å²) in [5.74, 6) is -2.07. The van der Waals surface area contributed by atoms with Gasteiger partial charge in [0.1, 0.15) is 5.75 Å². The largest absolute Gasteiger partial charge is 0.573 e. The number of hydrogen-bond acceptors (Lipinski definition) is 5. The SMILES string of the molecule is COC(=O)c1nc(CCl)c(OC)cc1OC(F)(F)F. The van der Waals surface area contributed by atoms with Crippen LogP contribution in [0.1, 0.15) is 16.2 Å². The standard InChI is InChI=1S/C10H9ClF3NO4/c1-17-6-3-7(19-10(12,13)14)8(9(16)18-2)15-5(6)4-11/h3H,4H2,1-2H3. The molecule has 1 aromatic heterocycles. The molecule has 0 aliphatic rings. The molecule has 0 N–H and O–H groups in total. The molecule has 0 radical (unpaired) electrons. The number of carbonyl (C=O) groups is 1. The summed E-state index contributed by atoms with van der Waals surface area (Å²) in [5.41, 5.74) is -0.532. The van der Waals surface area contributed by atoms with Gasteiger partial charge in [0, 0.05) is 6.07 Å². The maximum absolute atomic E-state index is 12.2. The highest BCUT2D eigenvalue weighted by Gasteiger charge is 2.34. The van der Waals surface area contributed by atoms with E-state index in [9.17, 15) is 18.0 Å². The minimum Gasteiger partial charge on any atom is -0.495 e. The highest BCUT2D eigenvalue weighted by Crippen LogP contribution is 2.31. The minimum absolute atomic E-state index is 0.0260. The summed E-state index contributed by atoms with van der Waals surface area (Å²) in [6.07, 6.45) is -4.97. The Kier molecular flexibility index (Phi) is 4.82. The van der Waals surface area contributed by atoms with E-state index in [0.717, 1.165) is 13.2 Å². The lowest BCUT2D eigenvalue weighted by Gasteiger charge is -2.14. The molecule has 0 atom stereocenters. The summed E-state index contributed by atoms with van der Waals surface area (Å²) in [6, 6.07) is 0.879. The van der Waals surface area contributed by atoms with Crippen molar-refractivity contribution in [3.05, 3.63) is 17.5 Å². The molecule has 5 nitrogen and oxygen atoms in total. The van der Waals surface area contributed by atoms with E-state index in [-0.39, 0.29) is 17.3 Å². The Labute approximate surface area is 111 Å². The van der Waals surface area contributed by atoms with Crippen LogP contribution in [0.3, 0.4) is 0 Å². The summed E-state index contributed by atoms with van der Waals surface area (Å²) in [5, 5.41) is 0. The quantitative estimate of drug-likeness (QED) is 0.631. The van der Waals surface area contributed by atoms with Gasteiger partial charge in [-0.15, -0.1) is 24.8 Å². The van der Waals surface area contributed by atoms with Crippen LogP contribution in [0.25, 0.3) is 0 Å². The molecule has 1 aromatic rings. The van der Waals surface area contributed by atoms with E-state index < -0.39 is 23.8 Å². The summed E-state index contributed by atoms with van der Waals surface area (Å²) >= 11 is 5.56. The van der Waals surface area contributed by atoms with Gasteiger partial charge in [0.25, 0.3) is 0 Å². The van der Waals surface area contributed by atoms with E-state index >= 15 is 0 Å². The van der Waals surface area contributed by atoms with E-state index in [1.165, 1.54) is 7.11 Å². The van der Waals surface area contributed by atoms with Gasteiger partial charge >= 0.3 is 12.3 Å². The van der Waals surface area contributed by atoms with Crippen molar-refractivity contribution in [2.45, 2.75) is 12.2 Å². The third-order valence-electron chi connectivity index (χ3n) is 1.98. The average Bonchev–Trinajstić information content (AvgIpc) is 2.35. The number of nitrogens with zero attached hydrogens (tertiary/aromatic N) is 1. The number of ether oxygens (including phenoxy) is 3. The van der Waals surface area contributed by atoms with E-state index in [1.54, 1.807) is 0 Å². The Hall–Kier alpha value is -1.70. The molecular weight excluding hydrogens is 291 g/mol. The van der Waals surface area contributed by atoms with Crippen LogP contribution in [0.5, 0.6) is 11.5 Å². The van der Waals surface area contributed by atoms with Crippen LogP contribution in [-0.4, -0.2) is 31.5 Å². The van der Waals surface area contributed by atoms with Crippen LogP contribution < -0.4 is 9.47 Å². The number of aromatic nitrogens is 1. The number of halogens is 4. The van der Waals surface area contributed by atoms with E-state index in [4.69, 9.17) is 16.3 Å². The number of esters is 1. The lowest BCUT2D eigenvalue weighted by atomic mass is 10.2. The van der Waals surface area contributed by atoms with Crippen molar-refractivity contribution in [2.75, 3.05) is 14.2 Å². The Morgan fingerprint density at radius 3 is 2.42 bits per heavy atom. The molecule has 0 aliphatic heterocycles. The number of rotatable bonds is 4. The second kappa shape index (κ2) is 5.96. The minimum atomic E-state index is -4.97. The predicted molar refractivity (Wildman–Crippen MR) is 58.4 cm³/mol. The van der Waals surface area contributed by atoms with Gasteiger partial charge < -0.3 is 14.2 Å². The smallest absolute Gasteiger partial charge is 0.495 e. The van der Waals surface area contributed by atoms with Gasteiger partial charge in [-0.2, -0.15) is 0 Å². The Bertz CT molecular complexity index is 479. The molecular formula is C10H9ClF3NO4. The monoisotopic (exact) mass is 299 g/mol. The number of alkyl halides is 4. The van der Waals surface area contributed by atoms with Gasteiger partial charge in [-0.1, -0.05) is 0 Å². The first-order valence-electron chi connectivity index (χ1n) is 4.80. The zero-order chi connectivity index (χ0) is 14.6. The number of hydrogen-bond donors (Lipinski definition) is 0. The van der Waals surface area contributed by atoms with Crippen molar-refractivity contribution in [1.29, 1.82) is 0 Å². The zero-order valence-corrected chi connectivity index (χ0v) is 10.6. The molecule has 0 aliphatic carbocycles. The Balaban J connectivity index is 3.35. The lowest BCUT2D eigenvalue weighted by molar-refractivity contribution is -0.274. The van der Waals surface area contributed by atoms with Crippen molar-refractivity contribution in [1.82, 2.24) is 4.98 Å². The van der Waals surface area contributed by atoms with Crippen LogP contribution in [0.15, 0.2) is 6.07 Å². The highest BCUT2D eigenvalue weighted by molar-refractivity contribution is 6.17. The van der Waals surface area contributed by atoms with Crippen LogP contribution in [0.4, 0.5) is 13.2 Å². The van der Waals surface area contributed by atoms with Crippen molar-refractivity contribution in [2.24, 2.45) is 0 Å². The van der Waals surface area contributed by atoms with Gasteiger partial charge in [-0.3, -0.25) is 0 Å². The van der Waals surface area contributed by atoms with Gasteiger partial charge in [-0.25, -0.2) is 9.78 Å². The first-order valence-corrected chi connectivity index (χ1v) is 5.33. The van der Waals surface area contributed by atoms with Gasteiger partial charge in [0.15, 0.2) is 11.4 Å². The lowest BCUT2D eigenvalue weighted by Crippen LogP contribution is -2.20. The molecule has 1 rings (SSSR count). The summed E-state index contributed by atoms with van der Waals surface area (Å²) in [6.45, 7) is 0. The molecule has 19 heavy (non-hydrogen) atoms. The van der Waals surface area contributed by atoms with Crippen molar-refractivity contribution in [3.63, 3.8) is 0 Å². The third-order valence-corrected chi connectivity index (χ3v) is 2.23. The van der Waals surface area contributed by atoms with Gasteiger partial charge in [0.2, 0.25) is 0 Å².